The Bertz CT molecular complexity index is 423. The van der Waals surface area contributed by atoms with Gasteiger partial charge in [-0.3, -0.25) is 4.90 Å². The number of nitrogens with zero attached hydrogens (tertiary/aromatic N) is 1. The third-order valence-electron chi connectivity index (χ3n) is 3.88. The van der Waals surface area contributed by atoms with E-state index in [1.54, 1.807) is 6.07 Å². The molecule has 0 bridgehead atoms. The van der Waals surface area contributed by atoms with Crippen molar-refractivity contribution in [3.05, 3.63) is 23.8 Å². The number of ether oxygens (including phenoxy) is 1. The molecule has 1 aliphatic rings. The molecule has 2 atom stereocenters. The van der Waals surface area contributed by atoms with Crippen molar-refractivity contribution in [3.63, 3.8) is 0 Å². The van der Waals surface area contributed by atoms with Crippen LogP contribution in [-0.4, -0.2) is 35.7 Å². The third kappa shape index (κ3) is 3.39. The Labute approximate surface area is 115 Å². The van der Waals surface area contributed by atoms with Crippen LogP contribution in [0.25, 0.3) is 0 Å². The average Bonchev–Trinajstić information content (AvgIpc) is 2.39. The molecule has 1 aromatic rings. The van der Waals surface area contributed by atoms with Crippen molar-refractivity contribution in [2.45, 2.75) is 32.9 Å². The molecule has 4 heteroatoms. The maximum Gasteiger partial charge on any atom is 0.162 e. The summed E-state index contributed by atoms with van der Waals surface area (Å²) in [6.45, 7) is 7.33. The van der Waals surface area contributed by atoms with E-state index in [2.05, 4.69) is 11.8 Å². The van der Waals surface area contributed by atoms with E-state index >= 15 is 0 Å². The van der Waals surface area contributed by atoms with E-state index in [1.807, 2.05) is 19.1 Å². The molecule has 2 rings (SSSR count). The maximum atomic E-state index is 10.2. The van der Waals surface area contributed by atoms with E-state index in [1.165, 1.54) is 0 Å². The molecule has 0 spiro atoms. The molecule has 1 fully saturated rings. The van der Waals surface area contributed by atoms with Gasteiger partial charge in [0.15, 0.2) is 11.5 Å². The van der Waals surface area contributed by atoms with Crippen LogP contribution in [0.1, 0.15) is 25.8 Å². The molecule has 0 amide bonds. The number of hydrogen-bond acceptors (Lipinski definition) is 4. The number of phenolic OH excluding ortho intramolecular Hbond substituents is 1. The average molecular weight is 264 g/mol. The number of benzene rings is 1. The van der Waals surface area contributed by atoms with Crippen molar-refractivity contribution in [1.29, 1.82) is 0 Å². The van der Waals surface area contributed by atoms with Crippen molar-refractivity contribution in [2.75, 3.05) is 19.7 Å². The third-order valence-corrected chi connectivity index (χ3v) is 3.88. The summed E-state index contributed by atoms with van der Waals surface area (Å²) < 4.78 is 5.41. The second-order valence-corrected chi connectivity index (χ2v) is 5.36. The van der Waals surface area contributed by atoms with Gasteiger partial charge in [-0.15, -0.1) is 0 Å². The molecule has 1 aromatic carbocycles. The van der Waals surface area contributed by atoms with Gasteiger partial charge in [-0.2, -0.15) is 0 Å². The van der Waals surface area contributed by atoms with E-state index in [-0.39, 0.29) is 11.8 Å². The number of aromatic hydroxyl groups is 1. The Kier molecular flexibility index (Phi) is 4.66. The topological polar surface area (TPSA) is 58.7 Å². The Morgan fingerprint density at radius 3 is 2.95 bits per heavy atom. The molecule has 4 nitrogen and oxygen atoms in total. The SMILES string of the molecule is CCOc1cccc(CN2CCC(C)C(N)C2)c1O. The summed E-state index contributed by atoms with van der Waals surface area (Å²) >= 11 is 0. The van der Waals surface area contributed by atoms with Gasteiger partial charge >= 0.3 is 0 Å². The van der Waals surface area contributed by atoms with Gasteiger partial charge in [0.25, 0.3) is 0 Å². The molecule has 0 aromatic heterocycles. The van der Waals surface area contributed by atoms with E-state index in [0.29, 0.717) is 18.3 Å². The minimum atomic E-state index is 0.228. The van der Waals surface area contributed by atoms with Crippen LogP contribution in [0.5, 0.6) is 11.5 Å². The van der Waals surface area contributed by atoms with Crippen LogP contribution in [0.3, 0.4) is 0 Å². The van der Waals surface area contributed by atoms with E-state index in [4.69, 9.17) is 10.5 Å². The van der Waals surface area contributed by atoms with Gasteiger partial charge < -0.3 is 15.6 Å². The number of hydrogen-bond donors (Lipinski definition) is 2. The Morgan fingerprint density at radius 1 is 1.47 bits per heavy atom. The highest BCUT2D eigenvalue weighted by Crippen LogP contribution is 2.31. The lowest BCUT2D eigenvalue weighted by atomic mass is 9.94. The van der Waals surface area contributed by atoms with Crippen molar-refractivity contribution < 1.29 is 9.84 Å². The van der Waals surface area contributed by atoms with E-state index < -0.39 is 0 Å². The smallest absolute Gasteiger partial charge is 0.162 e. The Hall–Kier alpha value is -1.26. The molecule has 3 N–H and O–H groups in total. The molecular weight excluding hydrogens is 240 g/mol. The normalized spacial score (nSPS) is 24.4. The predicted octanol–water partition coefficient (Wildman–Crippen LogP) is 1.96. The first-order valence-corrected chi connectivity index (χ1v) is 7.03. The first-order valence-electron chi connectivity index (χ1n) is 7.03. The van der Waals surface area contributed by atoms with Crippen LogP contribution < -0.4 is 10.5 Å². The number of likely N-dealkylation sites (tertiary alicyclic amines) is 1. The van der Waals surface area contributed by atoms with Crippen LogP contribution in [0.2, 0.25) is 0 Å². The summed E-state index contributed by atoms with van der Waals surface area (Å²) in [6.07, 6.45) is 1.12. The van der Waals surface area contributed by atoms with Crippen LogP contribution in [0, 0.1) is 5.92 Å². The molecule has 0 radical (unpaired) electrons. The molecule has 19 heavy (non-hydrogen) atoms. The summed E-state index contributed by atoms with van der Waals surface area (Å²) in [5, 5.41) is 10.2. The Morgan fingerprint density at radius 2 is 2.26 bits per heavy atom. The number of nitrogens with two attached hydrogens (primary N) is 1. The van der Waals surface area contributed by atoms with Gasteiger partial charge in [0.1, 0.15) is 0 Å². The molecule has 1 saturated heterocycles. The number of rotatable bonds is 4. The zero-order valence-electron chi connectivity index (χ0n) is 11.8. The zero-order chi connectivity index (χ0) is 13.8. The summed E-state index contributed by atoms with van der Waals surface area (Å²) in [5.74, 6) is 1.41. The summed E-state index contributed by atoms with van der Waals surface area (Å²) in [4.78, 5) is 2.30. The largest absolute Gasteiger partial charge is 0.504 e. The minimum Gasteiger partial charge on any atom is -0.504 e. The molecule has 0 saturated carbocycles. The van der Waals surface area contributed by atoms with Crippen LogP contribution >= 0.6 is 0 Å². The van der Waals surface area contributed by atoms with E-state index in [0.717, 1.165) is 31.6 Å². The summed E-state index contributed by atoms with van der Waals surface area (Å²) in [5.41, 5.74) is 7.02. The molecular formula is C15H24N2O2. The lowest BCUT2D eigenvalue weighted by Crippen LogP contribution is -2.47. The standard InChI is InChI=1S/C15H24N2O2/c1-3-19-14-6-4-5-12(15(14)18)9-17-8-7-11(2)13(16)10-17/h4-6,11,13,18H,3,7-10,16H2,1-2H3. The van der Waals surface area contributed by atoms with Crippen LogP contribution in [0.4, 0.5) is 0 Å². The number of piperidine rings is 1. The molecule has 1 aliphatic heterocycles. The van der Waals surface area contributed by atoms with Crippen molar-refractivity contribution in [3.8, 4) is 11.5 Å². The number of phenols is 1. The van der Waals surface area contributed by atoms with Gasteiger partial charge in [-0.1, -0.05) is 19.1 Å². The fraction of sp³-hybridized carbons (Fsp3) is 0.600. The van der Waals surface area contributed by atoms with Gasteiger partial charge in [-0.25, -0.2) is 0 Å². The first kappa shape index (κ1) is 14.2. The first-order chi connectivity index (χ1) is 9.11. The molecule has 106 valence electrons. The second-order valence-electron chi connectivity index (χ2n) is 5.36. The minimum absolute atomic E-state index is 0.228. The predicted molar refractivity (Wildman–Crippen MR) is 76.3 cm³/mol. The number of para-hydroxylation sites is 1. The summed E-state index contributed by atoms with van der Waals surface area (Å²) in [7, 11) is 0. The van der Waals surface area contributed by atoms with Crippen molar-refractivity contribution in [2.24, 2.45) is 11.7 Å². The van der Waals surface area contributed by atoms with Gasteiger partial charge in [0.05, 0.1) is 6.61 Å². The zero-order valence-corrected chi connectivity index (χ0v) is 11.8. The van der Waals surface area contributed by atoms with Crippen molar-refractivity contribution >= 4 is 0 Å². The highest BCUT2D eigenvalue weighted by molar-refractivity contribution is 5.45. The fourth-order valence-corrected chi connectivity index (χ4v) is 2.52. The summed E-state index contributed by atoms with van der Waals surface area (Å²) in [6, 6.07) is 5.89. The molecule has 0 aliphatic carbocycles. The van der Waals surface area contributed by atoms with Gasteiger partial charge in [0.2, 0.25) is 0 Å². The molecule has 2 unspecified atom stereocenters. The lowest BCUT2D eigenvalue weighted by molar-refractivity contribution is 0.160. The van der Waals surface area contributed by atoms with Crippen LogP contribution in [-0.2, 0) is 6.54 Å². The second kappa shape index (κ2) is 6.26. The van der Waals surface area contributed by atoms with Gasteiger partial charge in [-0.05, 0) is 31.9 Å². The fourth-order valence-electron chi connectivity index (χ4n) is 2.52. The highest BCUT2D eigenvalue weighted by Gasteiger charge is 2.23. The van der Waals surface area contributed by atoms with Crippen molar-refractivity contribution in [1.82, 2.24) is 4.90 Å². The maximum absolute atomic E-state index is 10.2. The quantitative estimate of drug-likeness (QED) is 0.873. The highest BCUT2D eigenvalue weighted by atomic mass is 16.5. The van der Waals surface area contributed by atoms with Crippen LogP contribution in [0.15, 0.2) is 18.2 Å². The Balaban J connectivity index is 2.05. The lowest BCUT2D eigenvalue weighted by Gasteiger charge is -2.35. The van der Waals surface area contributed by atoms with E-state index in [9.17, 15) is 5.11 Å². The monoisotopic (exact) mass is 264 g/mol. The molecule has 1 heterocycles. The van der Waals surface area contributed by atoms with Gasteiger partial charge in [0, 0.05) is 24.7 Å².